The molecule has 0 saturated carbocycles. The van der Waals surface area contributed by atoms with Crippen molar-refractivity contribution in [2.24, 2.45) is 0 Å². The van der Waals surface area contributed by atoms with E-state index in [0.717, 1.165) is 19.4 Å². The molecule has 0 radical (unpaired) electrons. The van der Waals surface area contributed by atoms with Gasteiger partial charge in [0.05, 0.1) is 0 Å². The van der Waals surface area contributed by atoms with Gasteiger partial charge in [0, 0.05) is 29.7 Å². The fourth-order valence-corrected chi connectivity index (χ4v) is 3.52. The Morgan fingerprint density at radius 2 is 2.06 bits per heavy atom. The van der Waals surface area contributed by atoms with Crippen molar-refractivity contribution in [3.63, 3.8) is 0 Å². The van der Waals surface area contributed by atoms with Gasteiger partial charge in [0.2, 0.25) is 0 Å². The highest BCUT2D eigenvalue weighted by Crippen LogP contribution is 2.31. The molecule has 1 aromatic rings. The van der Waals surface area contributed by atoms with E-state index in [2.05, 4.69) is 14.9 Å². The Labute approximate surface area is 114 Å². The van der Waals surface area contributed by atoms with E-state index in [-0.39, 0.29) is 0 Å². The molecular formula is C14H20ClN3. The van der Waals surface area contributed by atoms with E-state index in [1.54, 1.807) is 6.33 Å². The van der Waals surface area contributed by atoms with Gasteiger partial charge >= 0.3 is 0 Å². The van der Waals surface area contributed by atoms with Gasteiger partial charge in [-0.05, 0) is 38.5 Å². The molecular weight excluding hydrogens is 246 g/mol. The zero-order valence-corrected chi connectivity index (χ0v) is 11.5. The monoisotopic (exact) mass is 265 g/mol. The molecule has 1 unspecified atom stereocenters. The molecule has 1 saturated heterocycles. The second kappa shape index (κ2) is 5.43. The Balaban J connectivity index is 1.96. The van der Waals surface area contributed by atoms with E-state index in [1.807, 2.05) is 0 Å². The van der Waals surface area contributed by atoms with Crippen molar-refractivity contribution in [3.8, 4) is 0 Å². The first-order valence-corrected chi connectivity index (χ1v) is 7.59. The van der Waals surface area contributed by atoms with Crippen molar-refractivity contribution in [1.29, 1.82) is 0 Å². The van der Waals surface area contributed by atoms with E-state index >= 15 is 0 Å². The molecule has 0 N–H and O–H groups in total. The lowest BCUT2D eigenvalue weighted by molar-refractivity contribution is 0.705. The van der Waals surface area contributed by atoms with Crippen molar-refractivity contribution in [3.05, 3.63) is 17.6 Å². The molecule has 2 heterocycles. The number of anilines is 1. The van der Waals surface area contributed by atoms with Crippen LogP contribution in [0.3, 0.4) is 0 Å². The first-order chi connectivity index (χ1) is 8.90. The second-order valence-electron chi connectivity index (χ2n) is 5.33. The maximum absolute atomic E-state index is 6.08. The number of rotatable bonds is 2. The van der Waals surface area contributed by atoms with E-state index < -0.39 is 0 Å². The fraction of sp³-hybridized carbons (Fsp3) is 0.714. The highest BCUT2D eigenvalue weighted by molar-refractivity contribution is 6.18. The SMILES string of the molecule is ClCC1CCCN1c1ncnc2c1CCCCC2. The number of aromatic nitrogens is 2. The number of hydrogen-bond donors (Lipinski definition) is 0. The second-order valence-corrected chi connectivity index (χ2v) is 5.64. The molecule has 0 spiro atoms. The van der Waals surface area contributed by atoms with E-state index in [1.165, 1.54) is 49.2 Å². The molecule has 1 fully saturated rings. The van der Waals surface area contributed by atoms with Crippen molar-refractivity contribution >= 4 is 17.4 Å². The zero-order chi connectivity index (χ0) is 12.4. The minimum Gasteiger partial charge on any atom is -0.352 e. The normalized spacial score (nSPS) is 23.8. The van der Waals surface area contributed by atoms with Crippen LogP contribution in [0.25, 0.3) is 0 Å². The van der Waals surface area contributed by atoms with Crippen LogP contribution in [-0.2, 0) is 12.8 Å². The lowest BCUT2D eigenvalue weighted by Crippen LogP contribution is -2.32. The molecule has 0 aromatic carbocycles. The molecule has 18 heavy (non-hydrogen) atoms. The molecule has 98 valence electrons. The average Bonchev–Trinajstić information content (AvgIpc) is 2.74. The van der Waals surface area contributed by atoms with Gasteiger partial charge in [-0.15, -0.1) is 11.6 Å². The minimum atomic E-state index is 0.467. The summed E-state index contributed by atoms with van der Waals surface area (Å²) >= 11 is 6.08. The van der Waals surface area contributed by atoms with Crippen molar-refractivity contribution < 1.29 is 0 Å². The highest BCUT2D eigenvalue weighted by atomic mass is 35.5. The number of nitrogens with zero attached hydrogens (tertiary/aromatic N) is 3. The Hall–Kier alpha value is -0.830. The summed E-state index contributed by atoms with van der Waals surface area (Å²) in [6.45, 7) is 1.10. The van der Waals surface area contributed by atoms with Crippen LogP contribution in [0.1, 0.15) is 43.4 Å². The summed E-state index contributed by atoms with van der Waals surface area (Å²) in [5.41, 5.74) is 2.67. The van der Waals surface area contributed by atoms with E-state index in [0.29, 0.717) is 11.9 Å². The van der Waals surface area contributed by atoms with Gasteiger partial charge in [0.1, 0.15) is 12.1 Å². The van der Waals surface area contributed by atoms with Gasteiger partial charge in [-0.3, -0.25) is 0 Å². The summed E-state index contributed by atoms with van der Waals surface area (Å²) in [7, 11) is 0. The van der Waals surface area contributed by atoms with Gasteiger partial charge in [-0.1, -0.05) is 6.42 Å². The maximum Gasteiger partial charge on any atom is 0.135 e. The molecule has 3 nitrogen and oxygen atoms in total. The Morgan fingerprint density at radius 1 is 1.17 bits per heavy atom. The largest absolute Gasteiger partial charge is 0.352 e. The summed E-state index contributed by atoms with van der Waals surface area (Å²) in [5, 5.41) is 0. The van der Waals surface area contributed by atoms with Crippen molar-refractivity contribution in [2.45, 2.75) is 51.0 Å². The predicted molar refractivity (Wildman–Crippen MR) is 74.4 cm³/mol. The smallest absolute Gasteiger partial charge is 0.135 e. The van der Waals surface area contributed by atoms with Crippen molar-refractivity contribution in [1.82, 2.24) is 9.97 Å². The molecule has 1 atom stereocenters. The fourth-order valence-electron chi connectivity index (χ4n) is 3.20. The number of alkyl halides is 1. The lowest BCUT2D eigenvalue weighted by atomic mass is 10.1. The van der Waals surface area contributed by atoms with Crippen LogP contribution in [0.2, 0.25) is 0 Å². The number of aryl methyl sites for hydroxylation is 1. The van der Waals surface area contributed by atoms with Crippen LogP contribution >= 0.6 is 11.6 Å². The zero-order valence-electron chi connectivity index (χ0n) is 10.7. The summed E-state index contributed by atoms with van der Waals surface area (Å²) in [4.78, 5) is 11.5. The van der Waals surface area contributed by atoms with E-state index in [4.69, 9.17) is 11.6 Å². The van der Waals surface area contributed by atoms with Crippen LogP contribution in [0.5, 0.6) is 0 Å². The van der Waals surface area contributed by atoms with Gasteiger partial charge in [-0.25, -0.2) is 9.97 Å². The van der Waals surface area contributed by atoms with Gasteiger partial charge < -0.3 is 4.90 Å². The molecule has 0 amide bonds. The lowest BCUT2D eigenvalue weighted by Gasteiger charge is -2.26. The van der Waals surface area contributed by atoms with Crippen LogP contribution in [-0.4, -0.2) is 28.4 Å². The first kappa shape index (κ1) is 12.2. The summed E-state index contributed by atoms with van der Waals surface area (Å²) in [6, 6.07) is 0.467. The molecule has 2 aliphatic rings. The minimum absolute atomic E-state index is 0.467. The van der Waals surface area contributed by atoms with Gasteiger partial charge in [-0.2, -0.15) is 0 Å². The Kier molecular flexibility index (Phi) is 3.69. The van der Waals surface area contributed by atoms with Crippen LogP contribution in [0, 0.1) is 0 Å². The number of halogens is 1. The first-order valence-electron chi connectivity index (χ1n) is 7.05. The number of hydrogen-bond acceptors (Lipinski definition) is 3. The molecule has 0 bridgehead atoms. The molecule has 4 heteroatoms. The quantitative estimate of drug-likeness (QED) is 0.608. The van der Waals surface area contributed by atoms with Crippen LogP contribution < -0.4 is 4.90 Å². The summed E-state index contributed by atoms with van der Waals surface area (Å²) in [5.74, 6) is 1.88. The van der Waals surface area contributed by atoms with Gasteiger partial charge in [0.25, 0.3) is 0 Å². The molecule has 1 aromatic heterocycles. The highest BCUT2D eigenvalue weighted by Gasteiger charge is 2.28. The topological polar surface area (TPSA) is 29.0 Å². The standard InChI is InChI=1S/C14H20ClN3/c15-9-11-5-4-8-18(11)14-12-6-2-1-3-7-13(12)16-10-17-14/h10-11H,1-9H2. The molecule has 1 aliphatic carbocycles. The third-order valence-corrected chi connectivity index (χ3v) is 4.54. The predicted octanol–water partition coefficient (Wildman–Crippen LogP) is 2.95. The average molecular weight is 266 g/mol. The molecule has 3 rings (SSSR count). The number of fused-ring (bicyclic) bond motifs is 1. The van der Waals surface area contributed by atoms with E-state index in [9.17, 15) is 0 Å². The van der Waals surface area contributed by atoms with Gasteiger partial charge in [0.15, 0.2) is 0 Å². The van der Waals surface area contributed by atoms with Crippen LogP contribution in [0.15, 0.2) is 6.33 Å². The maximum atomic E-state index is 6.08. The third kappa shape index (κ3) is 2.20. The Morgan fingerprint density at radius 3 is 2.94 bits per heavy atom. The summed E-state index contributed by atoms with van der Waals surface area (Å²) in [6.07, 6.45) is 10.3. The van der Waals surface area contributed by atoms with Crippen molar-refractivity contribution in [2.75, 3.05) is 17.3 Å². The Bertz CT molecular complexity index is 422. The summed E-state index contributed by atoms with van der Waals surface area (Å²) < 4.78 is 0. The van der Waals surface area contributed by atoms with Crippen LogP contribution in [0.4, 0.5) is 5.82 Å². The third-order valence-electron chi connectivity index (χ3n) is 4.18. The molecule has 1 aliphatic heterocycles.